The normalized spacial score (nSPS) is 12.1. The molecule has 0 aliphatic rings. The van der Waals surface area contributed by atoms with E-state index >= 15 is 0 Å². The van der Waals surface area contributed by atoms with Crippen LogP contribution in [0, 0.1) is 6.92 Å². The van der Waals surface area contributed by atoms with E-state index in [9.17, 15) is 13.0 Å². The van der Waals surface area contributed by atoms with Gasteiger partial charge in [-0.2, -0.15) is 18.6 Å². The van der Waals surface area contributed by atoms with Crippen molar-refractivity contribution in [3.63, 3.8) is 0 Å². The smallest absolute Gasteiger partial charge is 0.296 e. The van der Waals surface area contributed by atoms with Crippen LogP contribution in [-0.2, 0) is 16.5 Å². The Bertz CT molecular complexity index is 1310. The van der Waals surface area contributed by atoms with Gasteiger partial charge in [0.1, 0.15) is 16.3 Å². The van der Waals surface area contributed by atoms with E-state index < -0.39 is 15.0 Å². The molecule has 0 aliphatic heterocycles. The lowest BCUT2D eigenvalue weighted by atomic mass is 10.1. The van der Waals surface area contributed by atoms with E-state index in [0.717, 1.165) is 23.6 Å². The molecule has 3 aromatic rings. The average Bonchev–Trinajstić information content (AvgIpc) is 2.77. The minimum absolute atomic E-state index is 0.0420. The fraction of sp³-hybridized carbons (Fsp3) is 0.182. The maximum Gasteiger partial charge on any atom is 0.296 e. The third-order valence-corrected chi connectivity index (χ3v) is 5.59. The topological polar surface area (TPSA) is 176 Å². The van der Waals surface area contributed by atoms with E-state index in [1.807, 2.05) is 25.1 Å². The van der Waals surface area contributed by atoms with Crippen LogP contribution < -0.4 is 11.5 Å². The summed E-state index contributed by atoms with van der Waals surface area (Å²) in [5.74, 6) is 0. The summed E-state index contributed by atoms with van der Waals surface area (Å²) in [6.45, 7) is 2.00. The summed E-state index contributed by atoms with van der Waals surface area (Å²) in [4.78, 5) is -0.594. The highest BCUT2D eigenvalue weighted by molar-refractivity contribution is 7.86. The summed E-state index contributed by atoms with van der Waals surface area (Å²) in [7, 11) is -4.69. The lowest BCUT2D eigenvalue weighted by Crippen LogP contribution is -2.05. The SMILES string of the molecule is Cc1cccc(/N=N/c2c(N)c(/N=N/c3ccc(CCCO)cc3)cc(S(=O)(=O)O)c2N)c1. The molecule has 0 radical (unpaired) electrons. The first-order valence-electron chi connectivity index (χ1n) is 9.98. The number of nitrogens with two attached hydrogens (primary N) is 2. The summed E-state index contributed by atoms with van der Waals surface area (Å²) in [5.41, 5.74) is 14.5. The van der Waals surface area contributed by atoms with Gasteiger partial charge in [-0.05, 0) is 61.2 Å². The Morgan fingerprint density at radius 1 is 0.879 bits per heavy atom. The van der Waals surface area contributed by atoms with E-state index in [2.05, 4.69) is 20.5 Å². The van der Waals surface area contributed by atoms with Gasteiger partial charge in [-0.3, -0.25) is 4.55 Å². The number of anilines is 2. The number of nitrogens with zero attached hydrogens (tertiary/aromatic N) is 4. The molecule has 0 heterocycles. The molecule has 0 bridgehead atoms. The Hall–Kier alpha value is -3.67. The van der Waals surface area contributed by atoms with Crippen LogP contribution >= 0.6 is 0 Å². The monoisotopic (exact) mass is 468 g/mol. The molecule has 3 aromatic carbocycles. The Kier molecular flexibility index (Phi) is 7.48. The molecule has 0 aliphatic carbocycles. The van der Waals surface area contributed by atoms with Gasteiger partial charge in [0.25, 0.3) is 10.1 Å². The largest absolute Gasteiger partial charge is 0.396 e. The Balaban J connectivity index is 2.01. The zero-order valence-electron chi connectivity index (χ0n) is 17.9. The van der Waals surface area contributed by atoms with Crippen molar-refractivity contribution in [3.05, 3.63) is 65.7 Å². The van der Waals surface area contributed by atoms with E-state index in [-0.39, 0.29) is 29.4 Å². The van der Waals surface area contributed by atoms with Crippen molar-refractivity contribution in [1.82, 2.24) is 0 Å². The number of aryl methyl sites for hydroxylation is 2. The fourth-order valence-corrected chi connectivity index (χ4v) is 3.62. The van der Waals surface area contributed by atoms with E-state index in [0.29, 0.717) is 17.8 Å². The molecule has 172 valence electrons. The van der Waals surface area contributed by atoms with Crippen molar-refractivity contribution in [2.75, 3.05) is 18.1 Å². The van der Waals surface area contributed by atoms with Crippen LogP contribution in [0.25, 0.3) is 0 Å². The minimum atomic E-state index is -4.69. The summed E-state index contributed by atoms with van der Waals surface area (Å²) >= 11 is 0. The van der Waals surface area contributed by atoms with Crippen molar-refractivity contribution in [3.8, 4) is 0 Å². The number of nitrogen functional groups attached to an aromatic ring is 2. The summed E-state index contributed by atoms with van der Waals surface area (Å²) in [5, 5.41) is 25.2. The van der Waals surface area contributed by atoms with Gasteiger partial charge in [0, 0.05) is 6.61 Å². The second-order valence-electron chi connectivity index (χ2n) is 7.28. The molecule has 3 rings (SSSR count). The van der Waals surface area contributed by atoms with Crippen molar-refractivity contribution >= 4 is 44.2 Å². The number of hydrogen-bond donors (Lipinski definition) is 4. The van der Waals surface area contributed by atoms with Gasteiger partial charge in [0.2, 0.25) is 0 Å². The van der Waals surface area contributed by atoms with Gasteiger partial charge >= 0.3 is 0 Å². The third kappa shape index (κ3) is 6.19. The molecular formula is C22H24N6O4S. The van der Waals surface area contributed by atoms with E-state index in [1.54, 1.807) is 30.3 Å². The third-order valence-electron chi connectivity index (χ3n) is 4.70. The van der Waals surface area contributed by atoms with Crippen molar-refractivity contribution < 1.29 is 18.1 Å². The predicted molar refractivity (Wildman–Crippen MR) is 126 cm³/mol. The predicted octanol–water partition coefficient (Wildman–Crippen LogP) is 5.16. The number of azo groups is 2. The van der Waals surface area contributed by atoms with Gasteiger partial charge in [-0.15, -0.1) is 10.2 Å². The Morgan fingerprint density at radius 2 is 1.58 bits per heavy atom. The van der Waals surface area contributed by atoms with Gasteiger partial charge in [0.15, 0.2) is 0 Å². The van der Waals surface area contributed by atoms with Crippen molar-refractivity contribution in [1.29, 1.82) is 0 Å². The summed E-state index contributed by atoms with van der Waals surface area (Å²) in [6.07, 6.45) is 1.38. The lowest BCUT2D eigenvalue weighted by Gasteiger charge is -2.10. The van der Waals surface area contributed by atoms with Gasteiger partial charge in [-0.25, -0.2) is 0 Å². The molecule has 10 nitrogen and oxygen atoms in total. The van der Waals surface area contributed by atoms with Crippen molar-refractivity contribution in [2.45, 2.75) is 24.7 Å². The van der Waals surface area contributed by atoms with Crippen molar-refractivity contribution in [2.24, 2.45) is 20.5 Å². The molecule has 0 aromatic heterocycles. The molecule has 6 N–H and O–H groups in total. The van der Waals surface area contributed by atoms with Crippen LogP contribution in [0.1, 0.15) is 17.5 Å². The lowest BCUT2D eigenvalue weighted by molar-refractivity contribution is 0.288. The van der Waals surface area contributed by atoms with E-state index in [4.69, 9.17) is 16.6 Å². The Labute approximate surface area is 191 Å². The molecule has 0 atom stereocenters. The zero-order chi connectivity index (χ0) is 24.0. The van der Waals surface area contributed by atoms with Crippen LogP contribution in [0.15, 0.2) is 79.9 Å². The first-order chi connectivity index (χ1) is 15.7. The summed E-state index contributed by atoms with van der Waals surface area (Å²) < 4.78 is 33.3. The molecule has 0 saturated heterocycles. The molecule has 0 saturated carbocycles. The molecule has 0 amide bonds. The van der Waals surface area contributed by atoms with Gasteiger partial charge < -0.3 is 16.6 Å². The fourth-order valence-electron chi connectivity index (χ4n) is 2.99. The molecule has 0 unspecified atom stereocenters. The second kappa shape index (κ2) is 10.3. The van der Waals surface area contributed by atoms with Crippen LogP contribution in [0.4, 0.5) is 34.1 Å². The molecule has 0 fully saturated rings. The van der Waals surface area contributed by atoms with Crippen LogP contribution in [-0.4, -0.2) is 24.7 Å². The highest BCUT2D eigenvalue weighted by Crippen LogP contribution is 2.43. The quantitative estimate of drug-likeness (QED) is 0.201. The molecule has 33 heavy (non-hydrogen) atoms. The van der Waals surface area contributed by atoms with Gasteiger partial charge in [-0.1, -0.05) is 24.3 Å². The first-order valence-corrected chi connectivity index (χ1v) is 11.4. The van der Waals surface area contributed by atoms with Crippen LogP contribution in [0.5, 0.6) is 0 Å². The Morgan fingerprint density at radius 3 is 2.21 bits per heavy atom. The highest BCUT2D eigenvalue weighted by atomic mass is 32.2. The minimum Gasteiger partial charge on any atom is -0.396 e. The molecule has 0 spiro atoms. The summed E-state index contributed by atoms with van der Waals surface area (Å²) in [6, 6.07) is 15.3. The highest BCUT2D eigenvalue weighted by Gasteiger charge is 2.22. The number of aliphatic hydroxyl groups excluding tert-OH is 1. The standard InChI is InChI=1S/C22H24N6O4S/c1-14-4-2-6-17(12-14)26-28-22-20(23)18(13-19(21(22)24)33(30,31)32)27-25-16-9-7-15(8-10-16)5-3-11-29/h2,4,6-10,12-13,29H,3,5,11,23-24H2,1H3,(H,30,31,32)/b27-25+,28-26+. The van der Waals surface area contributed by atoms with Crippen LogP contribution in [0.3, 0.4) is 0 Å². The van der Waals surface area contributed by atoms with Crippen LogP contribution in [0.2, 0.25) is 0 Å². The number of rotatable bonds is 8. The maximum absolute atomic E-state index is 11.9. The first kappa shape index (κ1) is 24.0. The van der Waals surface area contributed by atoms with E-state index in [1.165, 1.54) is 0 Å². The van der Waals surface area contributed by atoms with Gasteiger partial charge in [0.05, 0.1) is 22.7 Å². The molecule has 11 heteroatoms. The second-order valence-corrected chi connectivity index (χ2v) is 8.67. The molecular weight excluding hydrogens is 444 g/mol. The number of benzene rings is 3. The average molecular weight is 469 g/mol. The zero-order valence-corrected chi connectivity index (χ0v) is 18.7. The number of aliphatic hydroxyl groups is 1. The maximum atomic E-state index is 11.9. The number of hydrogen-bond acceptors (Lipinski definition) is 9.